The van der Waals surface area contributed by atoms with Crippen molar-refractivity contribution in [1.82, 2.24) is 10.6 Å². The van der Waals surface area contributed by atoms with Gasteiger partial charge in [-0.3, -0.25) is 4.79 Å². The molecule has 2 amide bonds. The lowest BCUT2D eigenvalue weighted by Gasteiger charge is -2.25. The molecular weight excluding hydrogens is 287 g/mol. The smallest absolute Gasteiger partial charge is 0.407 e. The van der Waals surface area contributed by atoms with Crippen LogP contribution in [0, 0.1) is 11.7 Å². The van der Waals surface area contributed by atoms with E-state index in [9.17, 15) is 14.0 Å². The molecule has 1 aliphatic carbocycles. The Morgan fingerprint density at radius 2 is 1.91 bits per heavy atom. The Kier molecular flexibility index (Phi) is 5.75. The third kappa shape index (κ3) is 4.44. The highest BCUT2D eigenvalue weighted by Gasteiger charge is 2.27. The Labute approximate surface area is 129 Å². The van der Waals surface area contributed by atoms with E-state index in [2.05, 4.69) is 15.4 Å². The lowest BCUT2D eigenvalue weighted by molar-refractivity contribution is -0.121. The van der Waals surface area contributed by atoms with Crippen molar-refractivity contribution in [2.24, 2.45) is 5.92 Å². The van der Waals surface area contributed by atoms with Crippen molar-refractivity contribution in [3.8, 4) is 0 Å². The standard InChI is InChI=1S/C16H21FN2O3/c1-22-16(21)18-10-14(20)19-15(11-4-2-3-5-11)12-6-8-13(17)9-7-12/h6-9,11,15H,2-5,10H2,1H3,(H,18,21)(H,19,20)/t15-/m0/s1. The summed E-state index contributed by atoms with van der Waals surface area (Å²) in [5, 5.41) is 5.30. The van der Waals surface area contributed by atoms with Gasteiger partial charge in [0, 0.05) is 0 Å². The molecule has 0 bridgehead atoms. The number of halogens is 1. The van der Waals surface area contributed by atoms with Crippen molar-refractivity contribution in [3.05, 3.63) is 35.6 Å². The van der Waals surface area contributed by atoms with Crippen LogP contribution in [0.1, 0.15) is 37.3 Å². The lowest BCUT2D eigenvalue weighted by Crippen LogP contribution is -2.40. The molecule has 0 radical (unpaired) electrons. The SMILES string of the molecule is COC(=O)NCC(=O)N[C@H](c1ccc(F)cc1)C1CCCC1. The average Bonchev–Trinajstić information content (AvgIpc) is 3.05. The van der Waals surface area contributed by atoms with E-state index in [4.69, 9.17) is 0 Å². The van der Waals surface area contributed by atoms with Crippen LogP contribution in [0.3, 0.4) is 0 Å². The van der Waals surface area contributed by atoms with Crippen LogP contribution in [0.4, 0.5) is 9.18 Å². The van der Waals surface area contributed by atoms with Gasteiger partial charge in [0.05, 0.1) is 13.2 Å². The normalized spacial score (nSPS) is 16.1. The summed E-state index contributed by atoms with van der Waals surface area (Å²) < 4.78 is 17.5. The molecule has 6 heteroatoms. The fraction of sp³-hybridized carbons (Fsp3) is 0.500. The molecule has 0 unspecified atom stereocenters. The van der Waals surface area contributed by atoms with Gasteiger partial charge in [0.1, 0.15) is 12.4 Å². The monoisotopic (exact) mass is 308 g/mol. The van der Waals surface area contributed by atoms with Gasteiger partial charge in [-0.1, -0.05) is 25.0 Å². The molecule has 1 fully saturated rings. The van der Waals surface area contributed by atoms with Gasteiger partial charge in [-0.05, 0) is 36.5 Å². The number of carbonyl (C=O) groups is 2. The first-order chi connectivity index (χ1) is 10.6. The van der Waals surface area contributed by atoms with Gasteiger partial charge in [0.25, 0.3) is 0 Å². The fourth-order valence-corrected chi connectivity index (χ4v) is 2.88. The topological polar surface area (TPSA) is 67.4 Å². The summed E-state index contributed by atoms with van der Waals surface area (Å²) in [6, 6.07) is 6.04. The van der Waals surface area contributed by atoms with Gasteiger partial charge in [-0.2, -0.15) is 0 Å². The summed E-state index contributed by atoms with van der Waals surface area (Å²) in [7, 11) is 1.24. The van der Waals surface area contributed by atoms with Gasteiger partial charge in [0.15, 0.2) is 0 Å². The summed E-state index contributed by atoms with van der Waals surface area (Å²) in [6.07, 6.45) is 3.70. The van der Waals surface area contributed by atoms with Gasteiger partial charge in [-0.25, -0.2) is 9.18 Å². The Bertz CT molecular complexity index is 513. The molecule has 0 heterocycles. The quantitative estimate of drug-likeness (QED) is 0.878. The molecule has 2 rings (SSSR count). The third-order valence-electron chi connectivity index (χ3n) is 4.00. The first-order valence-corrected chi connectivity index (χ1v) is 7.47. The maximum absolute atomic E-state index is 13.1. The van der Waals surface area contributed by atoms with Crippen LogP contribution in [-0.2, 0) is 9.53 Å². The average molecular weight is 308 g/mol. The van der Waals surface area contributed by atoms with Crippen molar-refractivity contribution in [2.75, 3.05) is 13.7 Å². The molecule has 120 valence electrons. The number of rotatable bonds is 5. The Balaban J connectivity index is 2.03. The van der Waals surface area contributed by atoms with E-state index < -0.39 is 6.09 Å². The van der Waals surface area contributed by atoms with Crippen LogP contribution in [0.2, 0.25) is 0 Å². The zero-order valence-corrected chi connectivity index (χ0v) is 12.6. The van der Waals surface area contributed by atoms with Crippen molar-refractivity contribution in [1.29, 1.82) is 0 Å². The third-order valence-corrected chi connectivity index (χ3v) is 4.00. The second-order valence-electron chi connectivity index (χ2n) is 5.49. The second kappa shape index (κ2) is 7.77. The molecule has 0 aromatic heterocycles. The summed E-state index contributed by atoms with van der Waals surface area (Å²) in [6.45, 7) is -0.142. The molecule has 0 spiro atoms. The Morgan fingerprint density at radius 3 is 2.50 bits per heavy atom. The number of hydrogen-bond acceptors (Lipinski definition) is 3. The summed E-state index contributed by atoms with van der Waals surface area (Å²) in [4.78, 5) is 23.0. The van der Waals surface area contributed by atoms with E-state index in [0.29, 0.717) is 5.92 Å². The van der Waals surface area contributed by atoms with Crippen LogP contribution in [0.15, 0.2) is 24.3 Å². The van der Waals surface area contributed by atoms with Crippen LogP contribution in [-0.4, -0.2) is 25.7 Å². The van der Waals surface area contributed by atoms with Crippen molar-refractivity contribution >= 4 is 12.0 Å². The maximum atomic E-state index is 13.1. The van der Waals surface area contributed by atoms with Gasteiger partial charge < -0.3 is 15.4 Å². The van der Waals surface area contributed by atoms with Gasteiger partial charge in [-0.15, -0.1) is 0 Å². The van der Waals surface area contributed by atoms with E-state index in [1.165, 1.54) is 19.2 Å². The molecule has 22 heavy (non-hydrogen) atoms. The molecule has 1 aliphatic rings. The van der Waals surface area contributed by atoms with E-state index in [1.807, 2.05) is 0 Å². The summed E-state index contributed by atoms with van der Waals surface area (Å²) >= 11 is 0. The number of nitrogens with one attached hydrogen (secondary N) is 2. The fourth-order valence-electron chi connectivity index (χ4n) is 2.88. The molecule has 0 saturated heterocycles. The highest BCUT2D eigenvalue weighted by molar-refractivity contribution is 5.82. The van der Waals surface area contributed by atoms with E-state index in [0.717, 1.165) is 31.2 Å². The Morgan fingerprint density at radius 1 is 1.27 bits per heavy atom. The number of hydrogen-bond donors (Lipinski definition) is 2. The minimum absolute atomic E-state index is 0.142. The van der Waals surface area contributed by atoms with Crippen molar-refractivity contribution in [3.63, 3.8) is 0 Å². The van der Waals surface area contributed by atoms with Crippen LogP contribution < -0.4 is 10.6 Å². The van der Waals surface area contributed by atoms with Crippen LogP contribution in [0.5, 0.6) is 0 Å². The first-order valence-electron chi connectivity index (χ1n) is 7.47. The number of amides is 2. The summed E-state index contributed by atoms with van der Waals surface area (Å²) in [5.41, 5.74) is 0.889. The predicted octanol–water partition coefficient (Wildman–Crippen LogP) is 2.53. The molecule has 1 atom stereocenters. The minimum atomic E-state index is -0.644. The van der Waals surface area contributed by atoms with Crippen LogP contribution >= 0.6 is 0 Å². The number of alkyl carbamates (subject to hydrolysis) is 1. The maximum Gasteiger partial charge on any atom is 0.407 e. The molecule has 5 nitrogen and oxygen atoms in total. The number of ether oxygens (including phenoxy) is 1. The molecule has 2 N–H and O–H groups in total. The van der Waals surface area contributed by atoms with E-state index in [-0.39, 0.29) is 24.3 Å². The van der Waals surface area contributed by atoms with Crippen molar-refractivity contribution in [2.45, 2.75) is 31.7 Å². The Hall–Kier alpha value is -2.11. The highest BCUT2D eigenvalue weighted by atomic mass is 19.1. The number of benzene rings is 1. The van der Waals surface area contributed by atoms with E-state index >= 15 is 0 Å². The molecule has 1 aromatic rings. The zero-order chi connectivity index (χ0) is 15.9. The number of carbonyl (C=O) groups excluding carboxylic acids is 2. The molecule has 1 aromatic carbocycles. The predicted molar refractivity (Wildman–Crippen MR) is 79.6 cm³/mol. The molecule has 0 aliphatic heterocycles. The van der Waals surface area contributed by atoms with Gasteiger partial charge >= 0.3 is 6.09 Å². The minimum Gasteiger partial charge on any atom is -0.453 e. The zero-order valence-electron chi connectivity index (χ0n) is 12.6. The lowest BCUT2D eigenvalue weighted by atomic mass is 9.91. The molecular formula is C16H21FN2O3. The largest absolute Gasteiger partial charge is 0.453 e. The number of methoxy groups -OCH3 is 1. The second-order valence-corrected chi connectivity index (χ2v) is 5.49. The van der Waals surface area contributed by atoms with Crippen molar-refractivity contribution < 1.29 is 18.7 Å². The van der Waals surface area contributed by atoms with E-state index in [1.54, 1.807) is 12.1 Å². The summed E-state index contributed by atoms with van der Waals surface area (Å²) in [5.74, 6) is -0.244. The first kappa shape index (κ1) is 16.3. The highest BCUT2D eigenvalue weighted by Crippen LogP contribution is 2.35. The van der Waals surface area contributed by atoms with Crippen LogP contribution in [0.25, 0.3) is 0 Å². The van der Waals surface area contributed by atoms with Gasteiger partial charge in [0.2, 0.25) is 5.91 Å². The molecule has 1 saturated carbocycles.